The third-order valence-corrected chi connectivity index (χ3v) is 9.19. The standard InChI is InChI=1S/C24H34O4/c1-14(4-9-22(27)28)18-7-8-19-17-6-5-15-12-16(25)10-11-23(15,2)20(17)13-21(26)24(18,19)3/h5-6,12,14,17-21,26H,4,7-11,13H2,1-3H3,(H,27,28). The van der Waals surface area contributed by atoms with Crippen molar-refractivity contribution in [1.29, 1.82) is 0 Å². The van der Waals surface area contributed by atoms with E-state index in [0.717, 1.165) is 31.3 Å². The Morgan fingerprint density at radius 3 is 2.75 bits per heavy atom. The summed E-state index contributed by atoms with van der Waals surface area (Å²) in [5, 5.41) is 20.5. The Hall–Kier alpha value is -1.42. The van der Waals surface area contributed by atoms with E-state index in [1.54, 1.807) is 0 Å². The van der Waals surface area contributed by atoms with Gasteiger partial charge in [0.1, 0.15) is 0 Å². The molecule has 0 spiro atoms. The lowest BCUT2D eigenvalue weighted by molar-refractivity contribution is -0.138. The summed E-state index contributed by atoms with van der Waals surface area (Å²) in [5.74, 6) is 1.45. The molecule has 0 aromatic rings. The molecule has 4 rings (SSSR count). The Labute approximate surface area is 168 Å². The van der Waals surface area contributed by atoms with Gasteiger partial charge in [-0.1, -0.05) is 32.9 Å². The van der Waals surface area contributed by atoms with Crippen molar-refractivity contribution in [3.8, 4) is 0 Å². The Bertz CT molecular complexity index is 737. The van der Waals surface area contributed by atoms with Crippen molar-refractivity contribution in [1.82, 2.24) is 0 Å². The molecular formula is C24H34O4. The Kier molecular flexibility index (Phi) is 4.85. The van der Waals surface area contributed by atoms with Crippen molar-refractivity contribution < 1.29 is 19.8 Å². The van der Waals surface area contributed by atoms with E-state index in [9.17, 15) is 14.7 Å². The molecule has 8 unspecified atom stereocenters. The molecule has 0 bridgehead atoms. The van der Waals surface area contributed by atoms with Gasteiger partial charge in [0.15, 0.2) is 5.78 Å². The number of aliphatic hydroxyl groups excluding tert-OH is 1. The normalized spacial score (nSPS) is 45.6. The van der Waals surface area contributed by atoms with Gasteiger partial charge in [0, 0.05) is 12.8 Å². The molecule has 0 saturated heterocycles. The van der Waals surface area contributed by atoms with Gasteiger partial charge in [0.2, 0.25) is 0 Å². The maximum absolute atomic E-state index is 11.9. The molecule has 0 radical (unpaired) electrons. The number of carboxylic acids is 1. The lowest BCUT2D eigenvalue weighted by Crippen LogP contribution is -2.55. The number of hydrogen-bond donors (Lipinski definition) is 2. The monoisotopic (exact) mass is 386 g/mol. The first-order valence-electron chi connectivity index (χ1n) is 11.0. The van der Waals surface area contributed by atoms with Gasteiger partial charge in [0.25, 0.3) is 0 Å². The maximum atomic E-state index is 11.9. The minimum atomic E-state index is -0.731. The summed E-state index contributed by atoms with van der Waals surface area (Å²) >= 11 is 0. The van der Waals surface area contributed by atoms with Gasteiger partial charge in [-0.3, -0.25) is 9.59 Å². The van der Waals surface area contributed by atoms with Crippen LogP contribution in [0.25, 0.3) is 0 Å². The van der Waals surface area contributed by atoms with Crippen molar-refractivity contribution in [3.63, 3.8) is 0 Å². The smallest absolute Gasteiger partial charge is 0.303 e. The van der Waals surface area contributed by atoms with Crippen LogP contribution in [0.3, 0.4) is 0 Å². The van der Waals surface area contributed by atoms with Crippen LogP contribution in [0.4, 0.5) is 0 Å². The zero-order valence-electron chi connectivity index (χ0n) is 17.4. The van der Waals surface area contributed by atoms with Crippen molar-refractivity contribution in [3.05, 3.63) is 23.8 Å². The number of carboxylic acid groups (broad SMARTS) is 1. The molecule has 0 heterocycles. The zero-order chi connectivity index (χ0) is 20.3. The van der Waals surface area contributed by atoms with Crippen molar-refractivity contribution in [2.45, 2.75) is 71.8 Å². The van der Waals surface area contributed by atoms with E-state index in [-0.39, 0.29) is 29.1 Å². The first-order valence-corrected chi connectivity index (χ1v) is 11.0. The number of fused-ring (bicyclic) bond motifs is 5. The Morgan fingerprint density at radius 2 is 2.04 bits per heavy atom. The number of aliphatic carboxylic acids is 1. The van der Waals surface area contributed by atoms with Gasteiger partial charge < -0.3 is 10.2 Å². The average Bonchev–Trinajstić information content (AvgIpc) is 3.00. The summed E-state index contributed by atoms with van der Waals surface area (Å²) < 4.78 is 0. The highest BCUT2D eigenvalue weighted by Crippen LogP contribution is 2.66. The van der Waals surface area contributed by atoms with Crippen LogP contribution in [0.5, 0.6) is 0 Å². The second kappa shape index (κ2) is 6.83. The Morgan fingerprint density at radius 1 is 1.29 bits per heavy atom. The molecule has 2 fully saturated rings. The molecule has 28 heavy (non-hydrogen) atoms. The summed E-state index contributed by atoms with van der Waals surface area (Å²) in [5.41, 5.74) is 0.999. The molecular weight excluding hydrogens is 352 g/mol. The number of allylic oxidation sites excluding steroid dienone is 4. The predicted molar refractivity (Wildman–Crippen MR) is 108 cm³/mol. The van der Waals surface area contributed by atoms with Crippen LogP contribution in [0, 0.1) is 40.4 Å². The molecule has 0 aromatic heterocycles. The fourth-order valence-corrected chi connectivity index (χ4v) is 7.48. The maximum Gasteiger partial charge on any atom is 0.303 e. The first-order chi connectivity index (χ1) is 13.2. The number of hydrogen-bond acceptors (Lipinski definition) is 3. The molecule has 0 aromatic carbocycles. The van der Waals surface area contributed by atoms with E-state index in [0.29, 0.717) is 42.4 Å². The highest BCUT2D eigenvalue weighted by atomic mass is 16.4. The van der Waals surface area contributed by atoms with Crippen LogP contribution in [0.2, 0.25) is 0 Å². The second-order valence-electron chi connectivity index (χ2n) is 10.3. The van der Waals surface area contributed by atoms with Gasteiger partial charge in [-0.25, -0.2) is 0 Å². The van der Waals surface area contributed by atoms with Crippen molar-refractivity contribution in [2.24, 2.45) is 40.4 Å². The molecule has 0 amide bonds. The molecule has 2 saturated carbocycles. The summed E-state index contributed by atoms with van der Waals surface area (Å²) in [6, 6.07) is 0. The number of aliphatic hydroxyl groups is 1. The first kappa shape index (κ1) is 19.9. The van der Waals surface area contributed by atoms with Gasteiger partial charge in [-0.2, -0.15) is 0 Å². The van der Waals surface area contributed by atoms with E-state index in [1.807, 2.05) is 6.08 Å². The Balaban J connectivity index is 1.64. The lowest BCUT2D eigenvalue weighted by atomic mass is 9.47. The van der Waals surface area contributed by atoms with E-state index >= 15 is 0 Å². The summed E-state index contributed by atoms with van der Waals surface area (Å²) in [4.78, 5) is 23.0. The minimum Gasteiger partial charge on any atom is -0.481 e. The largest absolute Gasteiger partial charge is 0.481 e. The van der Waals surface area contributed by atoms with E-state index in [2.05, 4.69) is 32.9 Å². The number of carbonyl (C=O) groups is 2. The van der Waals surface area contributed by atoms with Gasteiger partial charge in [0.05, 0.1) is 6.10 Å². The summed E-state index contributed by atoms with van der Waals surface area (Å²) in [6.07, 6.45) is 11.4. The summed E-state index contributed by atoms with van der Waals surface area (Å²) in [7, 11) is 0. The van der Waals surface area contributed by atoms with Crippen LogP contribution in [-0.2, 0) is 9.59 Å². The van der Waals surface area contributed by atoms with Crippen molar-refractivity contribution in [2.75, 3.05) is 0 Å². The fraction of sp³-hybridized carbons (Fsp3) is 0.750. The molecule has 4 nitrogen and oxygen atoms in total. The molecule has 4 aliphatic carbocycles. The highest BCUT2D eigenvalue weighted by Gasteiger charge is 2.62. The van der Waals surface area contributed by atoms with Crippen LogP contribution in [-0.4, -0.2) is 28.1 Å². The van der Waals surface area contributed by atoms with Crippen LogP contribution in [0.15, 0.2) is 23.8 Å². The minimum absolute atomic E-state index is 0.0113. The van der Waals surface area contributed by atoms with E-state index < -0.39 is 5.97 Å². The van der Waals surface area contributed by atoms with Crippen LogP contribution in [0.1, 0.15) is 65.7 Å². The zero-order valence-corrected chi connectivity index (χ0v) is 17.4. The highest BCUT2D eigenvalue weighted by molar-refractivity contribution is 5.92. The van der Waals surface area contributed by atoms with Gasteiger partial charge in [-0.05, 0) is 84.2 Å². The van der Waals surface area contributed by atoms with Crippen LogP contribution >= 0.6 is 0 Å². The number of ketones is 1. The third-order valence-electron chi connectivity index (χ3n) is 9.19. The van der Waals surface area contributed by atoms with E-state index in [1.165, 1.54) is 0 Å². The molecule has 4 aliphatic rings. The SMILES string of the molecule is CC(CCC(=O)O)C1CCC2C3C=CC4=CC(=O)CCC4(C)C3CC(O)C12C. The summed E-state index contributed by atoms with van der Waals surface area (Å²) in [6.45, 7) is 6.73. The average molecular weight is 387 g/mol. The number of rotatable bonds is 4. The second-order valence-corrected chi connectivity index (χ2v) is 10.3. The van der Waals surface area contributed by atoms with Gasteiger partial charge >= 0.3 is 5.97 Å². The number of carbonyl (C=O) groups excluding carboxylic acids is 1. The molecule has 0 aliphatic heterocycles. The molecule has 154 valence electrons. The third kappa shape index (κ3) is 2.82. The topological polar surface area (TPSA) is 74.6 Å². The van der Waals surface area contributed by atoms with Crippen LogP contribution < -0.4 is 0 Å². The molecule has 8 atom stereocenters. The predicted octanol–water partition coefficient (Wildman–Crippen LogP) is 4.38. The van der Waals surface area contributed by atoms with Crippen molar-refractivity contribution >= 4 is 11.8 Å². The quantitative estimate of drug-likeness (QED) is 0.752. The lowest BCUT2D eigenvalue weighted by Gasteiger charge is -2.58. The molecule has 4 heteroatoms. The van der Waals surface area contributed by atoms with E-state index in [4.69, 9.17) is 5.11 Å². The molecule has 2 N–H and O–H groups in total. The fourth-order valence-electron chi connectivity index (χ4n) is 7.48. The van der Waals surface area contributed by atoms with Gasteiger partial charge in [-0.15, -0.1) is 0 Å².